The maximum Gasteiger partial charge on any atom is 0.170 e. The van der Waals surface area contributed by atoms with E-state index in [4.69, 9.17) is 15.7 Å². The van der Waals surface area contributed by atoms with Crippen molar-refractivity contribution in [1.29, 1.82) is 0 Å². The van der Waals surface area contributed by atoms with Gasteiger partial charge in [0.05, 0.1) is 6.61 Å². The van der Waals surface area contributed by atoms with E-state index in [1.165, 1.54) is 5.56 Å². The lowest BCUT2D eigenvalue weighted by Crippen LogP contribution is -2.13. The molecule has 2 aromatic rings. The maximum absolute atomic E-state index is 8.67. The molecule has 0 saturated carbocycles. The molecule has 0 aliphatic carbocycles. The Hall–Kier alpha value is -2.33. The molecule has 0 aliphatic heterocycles. The van der Waals surface area contributed by atoms with Crippen molar-refractivity contribution in [3.05, 3.63) is 71.3 Å². The molecule has 2 aromatic carbocycles. The largest absolute Gasteiger partial charge is 0.409 e. The fourth-order valence-electron chi connectivity index (χ4n) is 2.09. The molecule has 0 bridgehead atoms. The predicted octanol–water partition coefficient (Wildman–Crippen LogP) is 2.93. The average Bonchev–Trinajstić information content (AvgIpc) is 2.55. The zero-order valence-corrected chi connectivity index (χ0v) is 11.9. The molecule has 0 saturated heterocycles. The lowest BCUT2D eigenvalue weighted by atomic mass is 10.1. The fourth-order valence-corrected chi connectivity index (χ4v) is 2.09. The summed E-state index contributed by atoms with van der Waals surface area (Å²) >= 11 is 0. The molecular formula is C17H20N2O2. The van der Waals surface area contributed by atoms with E-state index < -0.39 is 0 Å². The zero-order valence-electron chi connectivity index (χ0n) is 11.9. The normalized spacial score (nSPS) is 11.5. The van der Waals surface area contributed by atoms with Crippen molar-refractivity contribution in [2.75, 3.05) is 6.61 Å². The Bertz CT molecular complexity index is 582. The summed E-state index contributed by atoms with van der Waals surface area (Å²) in [5.41, 5.74) is 8.60. The molecule has 2 rings (SSSR count). The highest BCUT2D eigenvalue weighted by Gasteiger charge is 2.01. The van der Waals surface area contributed by atoms with E-state index in [1.807, 2.05) is 24.3 Å². The first-order valence-electron chi connectivity index (χ1n) is 6.98. The highest BCUT2D eigenvalue weighted by atomic mass is 16.5. The third-order valence-electron chi connectivity index (χ3n) is 3.20. The summed E-state index contributed by atoms with van der Waals surface area (Å²) in [7, 11) is 0. The second kappa shape index (κ2) is 8.07. The number of rotatable bonds is 7. The maximum atomic E-state index is 8.67. The van der Waals surface area contributed by atoms with Crippen LogP contribution in [0.3, 0.4) is 0 Å². The van der Waals surface area contributed by atoms with Crippen molar-refractivity contribution < 1.29 is 9.94 Å². The molecule has 4 heteroatoms. The highest BCUT2D eigenvalue weighted by Crippen LogP contribution is 2.08. The van der Waals surface area contributed by atoms with Crippen LogP contribution in [0.5, 0.6) is 0 Å². The van der Waals surface area contributed by atoms with Crippen LogP contribution in [-0.2, 0) is 17.8 Å². The number of ether oxygens (including phenoxy) is 1. The Morgan fingerprint density at radius 2 is 1.81 bits per heavy atom. The van der Waals surface area contributed by atoms with E-state index in [0.717, 1.165) is 18.4 Å². The lowest BCUT2D eigenvalue weighted by molar-refractivity contribution is 0.118. The lowest BCUT2D eigenvalue weighted by Gasteiger charge is -2.06. The summed E-state index contributed by atoms with van der Waals surface area (Å²) in [6.07, 6.45) is 2.01. The summed E-state index contributed by atoms with van der Waals surface area (Å²) < 4.78 is 5.67. The first-order chi connectivity index (χ1) is 10.3. The first-order valence-corrected chi connectivity index (χ1v) is 6.98. The monoisotopic (exact) mass is 284 g/mol. The Balaban J connectivity index is 1.74. The van der Waals surface area contributed by atoms with E-state index in [9.17, 15) is 0 Å². The van der Waals surface area contributed by atoms with Crippen LogP contribution in [0.4, 0.5) is 0 Å². The van der Waals surface area contributed by atoms with Gasteiger partial charge in [0, 0.05) is 12.2 Å². The summed E-state index contributed by atoms with van der Waals surface area (Å²) in [6, 6.07) is 17.9. The number of benzene rings is 2. The van der Waals surface area contributed by atoms with Gasteiger partial charge in [0.1, 0.15) is 0 Å². The van der Waals surface area contributed by atoms with Crippen LogP contribution in [0.2, 0.25) is 0 Å². The van der Waals surface area contributed by atoms with Crippen LogP contribution < -0.4 is 5.73 Å². The third-order valence-corrected chi connectivity index (χ3v) is 3.20. The number of oxime groups is 1. The number of nitrogens with zero attached hydrogens (tertiary/aromatic N) is 1. The molecule has 0 fully saturated rings. The van der Waals surface area contributed by atoms with E-state index in [0.29, 0.717) is 18.8 Å². The van der Waals surface area contributed by atoms with Crippen LogP contribution in [-0.4, -0.2) is 17.6 Å². The summed E-state index contributed by atoms with van der Waals surface area (Å²) in [4.78, 5) is 0. The van der Waals surface area contributed by atoms with Crippen molar-refractivity contribution in [2.24, 2.45) is 10.9 Å². The van der Waals surface area contributed by atoms with Gasteiger partial charge in [-0.25, -0.2) is 0 Å². The third kappa shape index (κ3) is 4.93. The Morgan fingerprint density at radius 1 is 1.05 bits per heavy atom. The minimum atomic E-state index is 0.112. The number of nitrogens with two attached hydrogens (primary N) is 1. The van der Waals surface area contributed by atoms with Gasteiger partial charge in [0.15, 0.2) is 5.84 Å². The van der Waals surface area contributed by atoms with Gasteiger partial charge in [-0.05, 0) is 30.0 Å². The highest BCUT2D eigenvalue weighted by molar-refractivity contribution is 5.97. The molecule has 0 aromatic heterocycles. The van der Waals surface area contributed by atoms with Gasteiger partial charge in [-0.2, -0.15) is 0 Å². The van der Waals surface area contributed by atoms with E-state index >= 15 is 0 Å². The van der Waals surface area contributed by atoms with Gasteiger partial charge in [-0.1, -0.05) is 53.7 Å². The van der Waals surface area contributed by atoms with Gasteiger partial charge >= 0.3 is 0 Å². The van der Waals surface area contributed by atoms with E-state index in [-0.39, 0.29) is 5.84 Å². The average molecular weight is 284 g/mol. The summed E-state index contributed by atoms with van der Waals surface area (Å²) in [5, 5.41) is 11.7. The molecule has 0 radical (unpaired) electrons. The Morgan fingerprint density at radius 3 is 2.57 bits per heavy atom. The first kappa shape index (κ1) is 15.1. The van der Waals surface area contributed by atoms with Crippen molar-refractivity contribution in [2.45, 2.75) is 19.4 Å². The molecule has 3 N–H and O–H groups in total. The zero-order chi connectivity index (χ0) is 14.9. The number of aryl methyl sites for hydroxylation is 1. The topological polar surface area (TPSA) is 67.8 Å². The Kier molecular flexibility index (Phi) is 5.79. The second-order valence-electron chi connectivity index (χ2n) is 4.83. The van der Waals surface area contributed by atoms with Crippen molar-refractivity contribution >= 4 is 5.84 Å². The number of amidine groups is 1. The minimum absolute atomic E-state index is 0.112. The molecule has 21 heavy (non-hydrogen) atoms. The molecular weight excluding hydrogens is 264 g/mol. The van der Waals surface area contributed by atoms with Gasteiger partial charge in [-0.15, -0.1) is 0 Å². The number of hydrogen-bond acceptors (Lipinski definition) is 3. The van der Waals surface area contributed by atoms with Crippen LogP contribution in [0, 0.1) is 0 Å². The van der Waals surface area contributed by atoms with Gasteiger partial charge in [0.25, 0.3) is 0 Å². The van der Waals surface area contributed by atoms with Gasteiger partial charge < -0.3 is 15.7 Å². The molecule has 0 spiro atoms. The van der Waals surface area contributed by atoms with Gasteiger partial charge in [-0.3, -0.25) is 0 Å². The van der Waals surface area contributed by atoms with Crippen molar-refractivity contribution in [1.82, 2.24) is 0 Å². The van der Waals surface area contributed by atoms with Gasteiger partial charge in [0.2, 0.25) is 0 Å². The molecule has 4 nitrogen and oxygen atoms in total. The summed E-state index contributed by atoms with van der Waals surface area (Å²) in [6.45, 7) is 1.24. The van der Waals surface area contributed by atoms with E-state index in [2.05, 4.69) is 29.4 Å². The molecule has 0 atom stereocenters. The van der Waals surface area contributed by atoms with E-state index in [1.54, 1.807) is 6.07 Å². The Labute approximate surface area is 124 Å². The molecule has 0 unspecified atom stereocenters. The van der Waals surface area contributed by atoms with Crippen LogP contribution in [0.25, 0.3) is 0 Å². The molecule has 0 amide bonds. The minimum Gasteiger partial charge on any atom is -0.409 e. The summed E-state index contributed by atoms with van der Waals surface area (Å²) in [5.74, 6) is 0.112. The fraction of sp³-hybridized carbons (Fsp3) is 0.235. The van der Waals surface area contributed by atoms with Crippen molar-refractivity contribution in [3.8, 4) is 0 Å². The standard InChI is InChI=1S/C17H20N2O2/c18-17(19-20)16-10-4-8-15(12-16)13-21-11-5-9-14-6-2-1-3-7-14/h1-4,6-8,10,12,20H,5,9,11,13H2,(H2,18,19). The molecule has 0 heterocycles. The smallest absolute Gasteiger partial charge is 0.170 e. The van der Waals surface area contributed by atoms with Crippen molar-refractivity contribution in [3.63, 3.8) is 0 Å². The molecule has 0 aliphatic rings. The molecule has 110 valence electrons. The SMILES string of the molecule is NC(=NO)c1cccc(COCCCc2ccccc2)c1. The second-order valence-corrected chi connectivity index (χ2v) is 4.83. The van der Waals surface area contributed by atoms with Crippen LogP contribution in [0.1, 0.15) is 23.1 Å². The predicted molar refractivity (Wildman–Crippen MR) is 83.4 cm³/mol. The van der Waals surface area contributed by atoms with Crippen LogP contribution >= 0.6 is 0 Å². The van der Waals surface area contributed by atoms with Crippen LogP contribution in [0.15, 0.2) is 59.8 Å². The quantitative estimate of drug-likeness (QED) is 0.270. The number of hydrogen-bond donors (Lipinski definition) is 2.